The molecule has 0 aliphatic carbocycles. The number of carbonyl (C=O) groups excluding carboxylic acids is 1. The Morgan fingerprint density at radius 1 is 1.69 bits per heavy atom. The van der Waals surface area contributed by atoms with Crippen molar-refractivity contribution in [2.75, 3.05) is 13.1 Å². The van der Waals surface area contributed by atoms with Crippen molar-refractivity contribution < 1.29 is 4.79 Å². The molecule has 2 N–H and O–H groups in total. The van der Waals surface area contributed by atoms with Gasteiger partial charge in [-0.25, -0.2) is 0 Å². The normalized spacial score (nSPS) is 17.0. The molecule has 1 aliphatic heterocycles. The fourth-order valence-electron chi connectivity index (χ4n) is 2.12. The van der Waals surface area contributed by atoms with Crippen molar-refractivity contribution >= 4 is 17.2 Å². The van der Waals surface area contributed by atoms with Crippen molar-refractivity contribution in [3.05, 3.63) is 21.9 Å². The maximum Gasteiger partial charge on any atom is 0.225 e. The van der Waals surface area contributed by atoms with Crippen LogP contribution in [0.5, 0.6) is 0 Å². The number of amides is 1. The van der Waals surface area contributed by atoms with Crippen LogP contribution in [0.4, 0.5) is 0 Å². The number of hydrogen-bond donors (Lipinski definition) is 1. The smallest absolute Gasteiger partial charge is 0.225 e. The Hall–Kier alpha value is -0.870. The number of nitrogens with zero attached hydrogens (tertiary/aromatic N) is 1. The van der Waals surface area contributed by atoms with Gasteiger partial charge >= 0.3 is 0 Å². The highest BCUT2D eigenvalue weighted by molar-refractivity contribution is 7.10. The zero-order chi connectivity index (χ0) is 11.5. The summed E-state index contributed by atoms with van der Waals surface area (Å²) in [5.74, 6) is 0.312. The Labute approximate surface area is 100 Å². The number of hydrogen-bond acceptors (Lipinski definition) is 3. The molecule has 1 atom stereocenters. The molecule has 88 valence electrons. The third-order valence-electron chi connectivity index (χ3n) is 3.14. The van der Waals surface area contributed by atoms with Crippen LogP contribution >= 0.6 is 11.3 Å². The van der Waals surface area contributed by atoms with E-state index in [9.17, 15) is 4.79 Å². The molecule has 0 saturated heterocycles. The molecule has 1 aliphatic rings. The van der Waals surface area contributed by atoms with Gasteiger partial charge in [-0.3, -0.25) is 4.79 Å². The first-order valence-electron chi connectivity index (χ1n) is 5.76. The van der Waals surface area contributed by atoms with E-state index in [-0.39, 0.29) is 11.8 Å². The Kier molecular flexibility index (Phi) is 3.61. The zero-order valence-electron chi connectivity index (χ0n) is 9.61. The summed E-state index contributed by atoms with van der Waals surface area (Å²) < 4.78 is 0. The van der Waals surface area contributed by atoms with Crippen LogP contribution < -0.4 is 5.73 Å². The number of rotatable bonds is 3. The molecule has 0 spiro atoms. The SMILES string of the molecule is CC(CCN)C(=O)N1CCc2sccc2C1. The topological polar surface area (TPSA) is 46.3 Å². The average molecular weight is 238 g/mol. The number of thiophene rings is 1. The Balaban J connectivity index is 2.00. The van der Waals surface area contributed by atoms with E-state index in [4.69, 9.17) is 5.73 Å². The van der Waals surface area contributed by atoms with Crippen LogP contribution in [0.1, 0.15) is 23.8 Å². The van der Waals surface area contributed by atoms with Crippen molar-refractivity contribution in [1.82, 2.24) is 4.90 Å². The van der Waals surface area contributed by atoms with Gasteiger partial charge in [0.2, 0.25) is 5.91 Å². The Morgan fingerprint density at radius 2 is 2.50 bits per heavy atom. The summed E-state index contributed by atoms with van der Waals surface area (Å²) in [5, 5.41) is 2.11. The van der Waals surface area contributed by atoms with E-state index in [0.29, 0.717) is 6.54 Å². The molecule has 1 unspecified atom stereocenters. The van der Waals surface area contributed by atoms with Gasteiger partial charge in [0.15, 0.2) is 0 Å². The van der Waals surface area contributed by atoms with Crippen molar-refractivity contribution in [2.45, 2.75) is 26.3 Å². The van der Waals surface area contributed by atoms with Crippen LogP contribution in [0.15, 0.2) is 11.4 Å². The molecule has 1 aromatic heterocycles. The molecular formula is C12H18N2OS. The van der Waals surface area contributed by atoms with Crippen molar-refractivity contribution in [2.24, 2.45) is 11.7 Å². The second kappa shape index (κ2) is 4.97. The van der Waals surface area contributed by atoms with Gasteiger partial charge in [0.05, 0.1) is 0 Å². The molecule has 2 heterocycles. The molecule has 0 saturated carbocycles. The predicted molar refractivity (Wildman–Crippen MR) is 66.3 cm³/mol. The van der Waals surface area contributed by atoms with Crippen molar-refractivity contribution in [1.29, 1.82) is 0 Å². The third kappa shape index (κ3) is 2.28. The fraction of sp³-hybridized carbons (Fsp3) is 0.583. The fourth-order valence-corrected chi connectivity index (χ4v) is 3.01. The highest BCUT2D eigenvalue weighted by Gasteiger charge is 2.24. The summed E-state index contributed by atoms with van der Waals surface area (Å²) in [7, 11) is 0. The third-order valence-corrected chi connectivity index (χ3v) is 4.16. The standard InChI is InChI=1S/C12H18N2OS/c1-9(2-5-13)12(15)14-6-3-11-10(8-14)4-7-16-11/h4,7,9H,2-3,5-6,8,13H2,1H3. The summed E-state index contributed by atoms with van der Waals surface area (Å²) in [4.78, 5) is 15.5. The van der Waals surface area contributed by atoms with Gasteiger partial charge in [0.25, 0.3) is 0 Å². The monoisotopic (exact) mass is 238 g/mol. The van der Waals surface area contributed by atoms with E-state index in [1.807, 2.05) is 11.8 Å². The Bertz CT molecular complexity index is 375. The van der Waals surface area contributed by atoms with Crippen molar-refractivity contribution in [3.63, 3.8) is 0 Å². The molecule has 2 rings (SSSR count). The van der Waals surface area contributed by atoms with E-state index in [1.54, 1.807) is 11.3 Å². The van der Waals surface area contributed by atoms with Gasteiger partial charge in [-0.2, -0.15) is 0 Å². The summed E-state index contributed by atoms with van der Waals surface area (Å²) in [5.41, 5.74) is 6.81. The lowest BCUT2D eigenvalue weighted by Gasteiger charge is -2.29. The van der Waals surface area contributed by atoms with Gasteiger partial charge in [0.1, 0.15) is 0 Å². The van der Waals surface area contributed by atoms with E-state index in [2.05, 4.69) is 11.4 Å². The molecule has 0 fully saturated rings. The largest absolute Gasteiger partial charge is 0.338 e. The summed E-state index contributed by atoms with van der Waals surface area (Å²) in [6, 6.07) is 2.13. The highest BCUT2D eigenvalue weighted by Crippen LogP contribution is 2.25. The van der Waals surface area contributed by atoms with Crippen LogP contribution in [0, 0.1) is 5.92 Å². The van der Waals surface area contributed by atoms with E-state index >= 15 is 0 Å². The van der Waals surface area contributed by atoms with Gasteiger partial charge < -0.3 is 10.6 Å². The number of carbonyl (C=O) groups is 1. The van der Waals surface area contributed by atoms with E-state index in [1.165, 1.54) is 10.4 Å². The van der Waals surface area contributed by atoms with Crippen molar-refractivity contribution in [3.8, 4) is 0 Å². The molecule has 1 amide bonds. The second-order valence-corrected chi connectivity index (χ2v) is 5.36. The molecule has 1 aromatic rings. The summed E-state index contributed by atoms with van der Waals surface area (Å²) in [6.07, 6.45) is 1.79. The summed E-state index contributed by atoms with van der Waals surface area (Å²) in [6.45, 7) is 4.20. The lowest BCUT2D eigenvalue weighted by Crippen LogP contribution is -2.39. The quantitative estimate of drug-likeness (QED) is 0.869. The number of fused-ring (bicyclic) bond motifs is 1. The molecular weight excluding hydrogens is 220 g/mol. The molecule has 0 aromatic carbocycles. The van der Waals surface area contributed by atoms with Crippen LogP contribution in [0.3, 0.4) is 0 Å². The molecule has 4 heteroatoms. The van der Waals surface area contributed by atoms with E-state index < -0.39 is 0 Å². The minimum absolute atomic E-state index is 0.0604. The minimum Gasteiger partial charge on any atom is -0.338 e. The molecule has 0 bridgehead atoms. The average Bonchev–Trinajstić information content (AvgIpc) is 2.75. The molecule has 16 heavy (non-hydrogen) atoms. The van der Waals surface area contributed by atoms with Crippen LogP contribution in [-0.4, -0.2) is 23.9 Å². The lowest BCUT2D eigenvalue weighted by molar-refractivity contribution is -0.136. The maximum atomic E-state index is 12.1. The zero-order valence-corrected chi connectivity index (χ0v) is 10.4. The van der Waals surface area contributed by atoms with Crippen LogP contribution in [-0.2, 0) is 17.8 Å². The Morgan fingerprint density at radius 3 is 3.25 bits per heavy atom. The molecule has 0 radical (unpaired) electrons. The lowest BCUT2D eigenvalue weighted by atomic mass is 10.0. The predicted octanol–water partition coefficient (Wildman–Crippen LogP) is 1.62. The first kappa shape index (κ1) is 11.6. The van der Waals surface area contributed by atoms with Gasteiger partial charge in [0, 0.05) is 23.9 Å². The minimum atomic E-state index is 0.0604. The van der Waals surface area contributed by atoms with Crippen LogP contribution in [0.2, 0.25) is 0 Å². The number of nitrogens with two attached hydrogens (primary N) is 1. The highest BCUT2D eigenvalue weighted by atomic mass is 32.1. The van der Waals surface area contributed by atoms with Gasteiger partial charge in [-0.05, 0) is 36.4 Å². The first-order chi connectivity index (χ1) is 7.72. The first-order valence-corrected chi connectivity index (χ1v) is 6.64. The summed E-state index contributed by atoms with van der Waals surface area (Å²) >= 11 is 1.80. The molecule has 3 nitrogen and oxygen atoms in total. The van der Waals surface area contributed by atoms with Gasteiger partial charge in [-0.1, -0.05) is 6.92 Å². The maximum absolute atomic E-state index is 12.1. The van der Waals surface area contributed by atoms with Gasteiger partial charge in [-0.15, -0.1) is 11.3 Å². The van der Waals surface area contributed by atoms with E-state index in [0.717, 1.165) is 25.9 Å². The van der Waals surface area contributed by atoms with Crippen LogP contribution in [0.25, 0.3) is 0 Å². The second-order valence-electron chi connectivity index (χ2n) is 4.36.